The van der Waals surface area contributed by atoms with E-state index in [4.69, 9.17) is 0 Å². The van der Waals surface area contributed by atoms with Crippen molar-refractivity contribution in [1.82, 2.24) is 10.3 Å². The third-order valence-corrected chi connectivity index (χ3v) is 2.74. The topological polar surface area (TPSA) is 71.1 Å². The molecule has 2 N–H and O–H groups in total. The van der Waals surface area contributed by atoms with Crippen molar-refractivity contribution in [2.75, 3.05) is 5.32 Å². The van der Waals surface area contributed by atoms with E-state index in [1.807, 2.05) is 13.8 Å². The first-order chi connectivity index (χ1) is 10.1. The molecule has 5 nitrogen and oxygen atoms in total. The molecular weight excluding hydrogens is 266 g/mol. The fourth-order valence-electron chi connectivity index (χ4n) is 1.79. The molecule has 2 aromatic rings. The Balaban J connectivity index is 2.11. The lowest BCUT2D eigenvalue weighted by atomic mass is 10.1. The number of pyridine rings is 1. The van der Waals surface area contributed by atoms with Gasteiger partial charge in [0.2, 0.25) is 0 Å². The van der Waals surface area contributed by atoms with Crippen molar-refractivity contribution in [3.8, 4) is 0 Å². The largest absolute Gasteiger partial charge is 0.350 e. The number of nitrogens with one attached hydrogen (secondary N) is 2. The maximum atomic E-state index is 12.0. The Bertz CT molecular complexity index is 639. The summed E-state index contributed by atoms with van der Waals surface area (Å²) in [6.07, 6.45) is 3.11. The second kappa shape index (κ2) is 6.65. The Morgan fingerprint density at radius 2 is 1.71 bits per heavy atom. The summed E-state index contributed by atoms with van der Waals surface area (Å²) in [6, 6.07) is 10.2. The number of aromatic nitrogens is 1. The van der Waals surface area contributed by atoms with E-state index < -0.39 is 0 Å². The van der Waals surface area contributed by atoms with Crippen LogP contribution in [0.15, 0.2) is 48.8 Å². The SMILES string of the molecule is CC(C)NC(=O)c1cccc(NC(=O)c2ccncc2)c1. The maximum absolute atomic E-state index is 12.0. The van der Waals surface area contributed by atoms with Crippen molar-refractivity contribution in [2.24, 2.45) is 0 Å². The Kier molecular flexibility index (Phi) is 4.66. The van der Waals surface area contributed by atoms with E-state index >= 15 is 0 Å². The van der Waals surface area contributed by atoms with Crippen molar-refractivity contribution in [1.29, 1.82) is 0 Å². The maximum Gasteiger partial charge on any atom is 0.255 e. The molecule has 108 valence electrons. The molecule has 0 atom stereocenters. The quantitative estimate of drug-likeness (QED) is 0.905. The number of carbonyl (C=O) groups is 2. The van der Waals surface area contributed by atoms with Crippen LogP contribution in [0.5, 0.6) is 0 Å². The summed E-state index contributed by atoms with van der Waals surface area (Å²) in [5.74, 6) is -0.399. The normalized spacial score (nSPS) is 10.2. The van der Waals surface area contributed by atoms with E-state index in [0.29, 0.717) is 16.8 Å². The standard InChI is InChI=1S/C16H17N3O2/c1-11(2)18-16(21)13-4-3-5-14(10-13)19-15(20)12-6-8-17-9-7-12/h3-11H,1-2H3,(H,18,21)(H,19,20). The number of carbonyl (C=O) groups excluding carboxylic acids is 2. The fraction of sp³-hybridized carbons (Fsp3) is 0.188. The average molecular weight is 283 g/mol. The highest BCUT2D eigenvalue weighted by atomic mass is 16.2. The Morgan fingerprint density at radius 3 is 2.38 bits per heavy atom. The predicted molar refractivity (Wildman–Crippen MR) is 81.2 cm³/mol. The molecule has 0 fully saturated rings. The van der Waals surface area contributed by atoms with Crippen LogP contribution >= 0.6 is 0 Å². The van der Waals surface area contributed by atoms with E-state index in [1.54, 1.807) is 48.8 Å². The molecule has 0 spiro atoms. The van der Waals surface area contributed by atoms with Gasteiger partial charge < -0.3 is 10.6 Å². The van der Waals surface area contributed by atoms with Crippen LogP contribution in [0.4, 0.5) is 5.69 Å². The van der Waals surface area contributed by atoms with Gasteiger partial charge in [-0.3, -0.25) is 14.6 Å². The van der Waals surface area contributed by atoms with E-state index in [1.165, 1.54) is 0 Å². The van der Waals surface area contributed by atoms with Gasteiger partial charge in [-0.05, 0) is 44.2 Å². The molecule has 0 aliphatic carbocycles. The van der Waals surface area contributed by atoms with Gasteiger partial charge in [0.25, 0.3) is 11.8 Å². The molecular formula is C16H17N3O2. The predicted octanol–water partition coefficient (Wildman–Crippen LogP) is 2.47. The molecule has 1 aromatic carbocycles. The van der Waals surface area contributed by atoms with Crippen LogP contribution in [0.25, 0.3) is 0 Å². The van der Waals surface area contributed by atoms with Gasteiger partial charge in [0.05, 0.1) is 0 Å². The number of benzene rings is 1. The minimum Gasteiger partial charge on any atom is -0.350 e. The van der Waals surface area contributed by atoms with E-state index in [9.17, 15) is 9.59 Å². The summed E-state index contributed by atoms with van der Waals surface area (Å²) >= 11 is 0. The van der Waals surface area contributed by atoms with Crippen LogP contribution in [-0.2, 0) is 0 Å². The summed E-state index contributed by atoms with van der Waals surface area (Å²) < 4.78 is 0. The number of anilines is 1. The van der Waals surface area contributed by atoms with E-state index in [-0.39, 0.29) is 17.9 Å². The van der Waals surface area contributed by atoms with Crippen LogP contribution in [-0.4, -0.2) is 22.8 Å². The van der Waals surface area contributed by atoms with Crippen LogP contribution < -0.4 is 10.6 Å². The molecule has 0 bridgehead atoms. The van der Waals surface area contributed by atoms with Gasteiger partial charge >= 0.3 is 0 Å². The Morgan fingerprint density at radius 1 is 1.00 bits per heavy atom. The third kappa shape index (κ3) is 4.14. The molecule has 1 aromatic heterocycles. The van der Waals surface area contributed by atoms with Gasteiger partial charge in [-0.25, -0.2) is 0 Å². The molecule has 21 heavy (non-hydrogen) atoms. The zero-order valence-electron chi connectivity index (χ0n) is 12.0. The first-order valence-electron chi connectivity index (χ1n) is 6.68. The Labute approximate surface area is 123 Å². The fourth-order valence-corrected chi connectivity index (χ4v) is 1.79. The molecule has 0 aliphatic rings. The summed E-state index contributed by atoms with van der Waals surface area (Å²) in [5, 5.41) is 5.57. The smallest absolute Gasteiger partial charge is 0.255 e. The molecule has 0 radical (unpaired) electrons. The minimum atomic E-state index is -0.237. The summed E-state index contributed by atoms with van der Waals surface area (Å²) in [4.78, 5) is 27.8. The second-order valence-corrected chi connectivity index (χ2v) is 4.90. The van der Waals surface area contributed by atoms with E-state index in [0.717, 1.165) is 0 Å². The van der Waals surface area contributed by atoms with Gasteiger partial charge in [-0.2, -0.15) is 0 Å². The lowest BCUT2D eigenvalue weighted by Crippen LogP contribution is -2.30. The number of nitrogens with zero attached hydrogens (tertiary/aromatic N) is 1. The second-order valence-electron chi connectivity index (χ2n) is 4.90. The molecule has 0 saturated carbocycles. The van der Waals surface area contributed by atoms with Crippen LogP contribution in [0.1, 0.15) is 34.6 Å². The summed E-state index contributed by atoms with van der Waals surface area (Å²) in [7, 11) is 0. The lowest BCUT2D eigenvalue weighted by Gasteiger charge is -2.10. The third-order valence-electron chi connectivity index (χ3n) is 2.74. The number of hydrogen-bond donors (Lipinski definition) is 2. The number of rotatable bonds is 4. The molecule has 2 rings (SSSR count). The lowest BCUT2D eigenvalue weighted by molar-refractivity contribution is 0.0942. The van der Waals surface area contributed by atoms with Gasteiger partial charge in [0, 0.05) is 35.2 Å². The zero-order valence-corrected chi connectivity index (χ0v) is 12.0. The Hall–Kier alpha value is -2.69. The van der Waals surface area contributed by atoms with Crippen LogP contribution in [0.3, 0.4) is 0 Å². The molecule has 0 unspecified atom stereocenters. The van der Waals surface area contributed by atoms with Crippen molar-refractivity contribution in [3.05, 3.63) is 59.9 Å². The average Bonchev–Trinajstić information content (AvgIpc) is 2.47. The minimum absolute atomic E-state index is 0.0626. The molecule has 0 saturated heterocycles. The highest BCUT2D eigenvalue weighted by Gasteiger charge is 2.09. The zero-order chi connectivity index (χ0) is 15.2. The monoisotopic (exact) mass is 283 g/mol. The van der Waals surface area contributed by atoms with Gasteiger partial charge in [0.1, 0.15) is 0 Å². The number of hydrogen-bond acceptors (Lipinski definition) is 3. The van der Waals surface area contributed by atoms with Crippen molar-refractivity contribution >= 4 is 17.5 Å². The first kappa shape index (κ1) is 14.7. The van der Waals surface area contributed by atoms with Crippen LogP contribution in [0, 0.1) is 0 Å². The van der Waals surface area contributed by atoms with Crippen molar-refractivity contribution in [2.45, 2.75) is 19.9 Å². The highest BCUT2D eigenvalue weighted by molar-refractivity contribution is 6.05. The van der Waals surface area contributed by atoms with Gasteiger partial charge in [-0.1, -0.05) is 6.07 Å². The molecule has 5 heteroatoms. The van der Waals surface area contributed by atoms with Gasteiger partial charge in [-0.15, -0.1) is 0 Å². The summed E-state index contributed by atoms with van der Waals surface area (Å²) in [6.45, 7) is 3.79. The highest BCUT2D eigenvalue weighted by Crippen LogP contribution is 2.12. The molecule has 2 amide bonds. The molecule has 1 heterocycles. The molecule has 0 aliphatic heterocycles. The number of amides is 2. The summed E-state index contributed by atoms with van der Waals surface area (Å²) in [5.41, 5.74) is 1.60. The van der Waals surface area contributed by atoms with E-state index in [2.05, 4.69) is 15.6 Å². The van der Waals surface area contributed by atoms with Gasteiger partial charge in [0.15, 0.2) is 0 Å². The van der Waals surface area contributed by atoms with Crippen molar-refractivity contribution in [3.63, 3.8) is 0 Å². The van der Waals surface area contributed by atoms with Crippen molar-refractivity contribution < 1.29 is 9.59 Å². The van der Waals surface area contributed by atoms with Crippen LogP contribution in [0.2, 0.25) is 0 Å². The first-order valence-corrected chi connectivity index (χ1v) is 6.68.